The molecule has 3 heterocycles. The lowest BCUT2D eigenvalue weighted by Gasteiger charge is -2.37. The van der Waals surface area contributed by atoms with Gasteiger partial charge in [-0.2, -0.15) is 0 Å². The largest absolute Gasteiger partial charge is 0.487 e. The third-order valence-corrected chi connectivity index (χ3v) is 8.09. The van der Waals surface area contributed by atoms with Crippen LogP contribution in [-0.4, -0.2) is 47.3 Å². The highest BCUT2D eigenvalue weighted by atomic mass is 35.5. The van der Waals surface area contributed by atoms with Crippen molar-refractivity contribution in [3.05, 3.63) is 88.6 Å². The van der Waals surface area contributed by atoms with Crippen LogP contribution in [0.1, 0.15) is 31.2 Å². The minimum atomic E-state index is -4.14. The Bertz CT molecular complexity index is 1600. The van der Waals surface area contributed by atoms with Crippen LogP contribution in [0.5, 0.6) is 5.75 Å². The third-order valence-electron chi connectivity index (χ3n) is 8.02. The zero-order valence-electron chi connectivity index (χ0n) is 22.9. The molecule has 2 aromatic heterocycles. The first-order chi connectivity index (χ1) is 20.3. The van der Waals surface area contributed by atoms with E-state index in [2.05, 4.69) is 10.3 Å². The third kappa shape index (κ3) is 6.05. The molecule has 0 atom stereocenters. The predicted molar refractivity (Wildman–Crippen MR) is 159 cm³/mol. The number of aromatic nitrogens is 2. The maximum absolute atomic E-state index is 15.7. The first kappa shape index (κ1) is 28.4. The van der Waals surface area contributed by atoms with E-state index in [4.69, 9.17) is 16.3 Å². The summed E-state index contributed by atoms with van der Waals surface area (Å²) >= 11 is 5.27. The van der Waals surface area contributed by atoms with Crippen LogP contribution in [0, 0.1) is 5.82 Å². The second-order valence-corrected chi connectivity index (χ2v) is 11.2. The van der Waals surface area contributed by atoms with E-state index in [9.17, 15) is 13.6 Å². The van der Waals surface area contributed by atoms with Crippen LogP contribution in [0.4, 0.5) is 24.7 Å². The van der Waals surface area contributed by atoms with E-state index in [1.165, 1.54) is 37.9 Å². The second-order valence-electron chi connectivity index (χ2n) is 10.7. The number of anilines is 2. The molecule has 1 aliphatic carbocycles. The van der Waals surface area contributed by atoms with Crippen LogP contribution >= 0.6 is 11.6 Å². The van der Waals surface area contributed by atoms with E-state index in [1.54, 1.807) is 15.7 Å². The molecule has 2 aliphatic rings. The number of hydrogen-bond acceptors (Lipinski definition) is 6. The number of ether oxygens (including phenoxy) is 1. The van der Waals surface area contributed by atoms with Gasteiger partial charge in [-0.3, -0.25) is 4.79 Å². The molecule has 42 heavy (non-hydrogen) atoms. The number of fused-ring (bicyclic) bond motifs is 1. The van der Waals surface area contributed by atoms with E-state index in [-0.39, 0.29) is 16.6 Å². The van der Waals surface area contributed by atoms with Crippen LogP contribution in [0.25, 0.3) is 16.6 Å². The van der Waals surface area contributed by atoms with Crippen molar-refractivity contribution in [2.75, 3.05) is 36.0 Å². The summed E-state index contributed by atoms with van der Waals surface area (Å²) in [5, 5.41) is 3.48. The lowest BCUT2D eigenvalue weighted by atomic mass is 10.1. The molecule has 11 heteroatoms. The highest BCUT2D eigenvalue weighted by Crippen LogP contribution is 2.42. The maximum atomic E-state index is 15.7. The molecule has 0 bridgehead atoms. The Kier molecular flexibility index (Phi) is 8.00. The first-order valence-corrected chi connectivity index (χ1v) is 14.5. The average molecular weight is 598 g/mol. The van der Waals surface area contributed by atoms with Gasteiger partial charge in [-0.15, -0.1) is 8.78 Å². The Morgan fingerprint density at radius 2 is 1.71 bits per heavy atom. The fourth-order valence-electron chi connectivity index (χ4n) is 5.93. The number of nitrogens with zero attached hydrogens (tertiary/aromatic N) is 4. The van der Waals surface area contributed by atoms with Crippen LogP contribution in [0.15, 0.2) is 71.8 Å². The summed E-state index contributed by atoms with van der Waals surface area (Å²) in [6.07, 6.45) is 8.00. The van der Waals surface area contributed by atoms with Gasteiger partial charge in [0, 0.05) is 74.5 Å². The Labute approximate surface area is 246 Å². The van der Waals surface area contributed by atoms with Crippen molar-refractivity contribution in [3.63, 3.8) is 0 Å². The summed E-state index contributed by atoms with van der Waals surface area (Å²) in [6, 6.07) is 16.0. The van der Waals surface area contributed by atoms with Crippen molar-refractivity contribution >= 4 is 34.0 Å². The number of benzene rings is 2. The van der Waals surface area contributed by atoms with E-state index in [0.29, 0.717) is 44.5 Å². The second kappa shape index (κ2) is 11.9. The molecule has 0 amide bonds. The minimum Gasteiger partial charge on any atom is -0.415 e. The lowest BCUT2D eigenvalue weighted by molar-refractivity contribution is -0.0954. The van der Waals surface area contributed by atoms with Gasteiger partial charge in [0.1, 0.15) is 17.0 Å². The van der Waals surface area contributed by atoms with Crippen molar-refractivity contribution in [3.8, 4) is 11.4 Å². The predicted octanol–water partition coefficient (Wildman–Crippen LogP) is 6.05. The lowest BCUT2D eigenvalue weighted by Crippen LogP contribution is -2.47. The molecule has 2 fully saturated rings. The van der Waals surface area contributed by atoms with Gasteiger partial charge in [0.05, 0.1) is 5.39 Å². The van der Waals surface area contributed by atoms with E-state index < -0.39 is 22.6 Å². The van der Waals surface area contributed by atoms with Crippen LogP contribution in [0.2, 0.25) is 0 Å². The standard InChI is InChI=1S/C31H31ClF3N5O2/c32-31(34,35)42-30-28-24(19-25(33)29(30)39-17-15-38(16-18-39)27-7-3-4-13-36-27)26(41)12-14-40(28)23-10-8-21(9-11-23)20-37-22-5-1-2-6-22/h3-4,7-14,19,22,37H,1-2,5-6,15-18,20H2. The van der Waals surface area contributed by atoms with E-state index >= 15 is 4.39 Å². The molecule has 6 rings (SSSR count). The molecule has 0 radical (unpaired) electrons. The molecule has 1 N–H and O–H groups in total. The number of piperazine rings is 1. The zero-order chi connectivity index (χ0) is 29.3. The van der Waals surface area contributed by atoms with Gasteiger partial charge in [-0.25, -0.2) is 9.37 Å². The van der Waals surface area contributed by atoms with Gasteiger partial charge in [-0.1, -0.05) is 31.0 Å². The number of rotatable bonds is 8. The zero-order valence-corrected chi connectivity index (χ0v) is 23.7. The van der Waals surface area contributed by atoms with Gasteiger partial charge < -0.3 is 24.4 Å². The molecule has 4 aromatic rings. The Hall–Kier alpha value is -3.76. The smallest absolute Gasteiger partial charge is 0.415 e. The molecule has 1 aliphatic heterocycles. The van der Waals surface area contributed by atoms with Crippen molar-refractivity contribution < 1.29 is 17.9 Å². The van der Waals surface area contributed by atoms with Crippen molar-refractivity contribution in [2.24, 2.45) is 0 Å². The van der Waals surface area contributed by atoms with Gasteiger partial charge in [0.2, 0.25) is 0 Å². The molecule has 7 nitrogen and oxygen atoms in total. The highest BCUT2D eigenvalue weighted by molar-refractivity contribution is 6.21. The maximum Gasteiger partial charge on any atom is 0.487 e. The monoisotopic (exact) mass is 597 g/mol. The number of alkyl halides is 3. The minimum absolute atomic E-state index is 0.0169. The fourth-order valence-corrected chi connectivity index (χ4v) is 6.01. The summed E-state index contributed by atoms with van der Waals surface area (Å²) in [5.41, 5.74) is -3.14. The quantitative estimate of drug-likeness (QED) is 0.250. The van der Waals surface area contributed by atoms with Crippen molar-refractivity contribution in [1.82, 2.24) is 14.9 Å². The Balaban J connectivity index is 1.38. The van der Waals surface area contributed by atoms with Gasteiger partial charge in [0.25, 0.3) is 0 Å². The van der Waals surface area contributed by atoms with Crippen molar-refractivity contribution in [2.45, 2.75) is 43.8 Å². The van der Waals surface area contributed by atoms with Gasteiger partial charge in [0.15, 0.2) is 17.0 Å². The molecule has 0 unspecified atom stereocenters. The molecular formula is C31H31ClF3N5O2. The summed E-state index contributed by atoms with van der Waals surface area (Å²) in [4.78, 5) is 20.9. The summed E-state index contributed by atoms with van der Waals surface area (Å²) in [5.74, 6) is -0.551. The topological polar surface area (TPSA) is 62.6 Å². The van der Waals surface area contributed by atoms with E-state index in [1.807, 2.05) is 47.4 Å². The van der Waals surface area contributed by atoms with Crippen LogP contribution < -0.4 is 25.3 Å². The van der Waals surface area contributed by atoms with Gasteiger partial charge >= 0.3 is 5.57 Å². The number of halogens is 4. The summed E-state index contributed by atoms with van der Waals surface area (Å²) in [6.45, 7) is 2.28. The molecule has 0 spiro atoms. The molecule has 2 aromatic carbocycles. The first-order valence-electron chi connectivity index (χ1n) is 14.1. The SMILES string of the molecule is O=c1ccn(-c2ccc(CNC3CCCC3)cc2)c2c(OC(F)(F)Cl)c(N3CCN(c4ccccn4)CC3)c(F)cc12. The van der Waals surface area contributed by atoms with Crippen LogP contribution in [0.3, 0.4) is 0 Å². The highest BCUT2D eigenvalue weighted by Gasteiger charge is 2.35. The average Bonchev–Trinajstić information content (AvgIpc) is 3.51. The van der Waals surface area contributed by atoms with E-state index in [0.717, 1.165) is 17.4 Å². The van der Waals surface area contributed by atoms with Crippen molar-refractivity contribution in [1.29, 1.82) is 0 Å². The summed E-state index contributed by atoms with van der Waals surface area (Å²) in [7, 11) is 0. The Morgan fingerprint density at radius 1 is 1.00 bits per heavy atom. The fraction of sp³-hybridized carbons (Fsp3) is 0.355. The van der Waals surface area contributed by atoms with Gasteiger partial charge in [-0.05, 0) is 48.7 Å². The molecule has 220 valence electrons. The molecule has 1 saturated heterocycles. The normalized spacial score (nSPS) is 16.4. The number of pyridine rings is 2. The molecule has 1 saturated carbocycles. The van der Waals surface area contributed by atoms with Crippen LogP contribution in [-0.2, 0) is 6.54 Å². The number of hydrogen-bond donors (Lipinski definition) is 1. The number of nitrogens with one attached hydrogen (secondary N) is 1. The molecular weight excluding hydrogens is 567 g/mol. The summed E-state index contributed by atoms with van der Waals surface area (Å²) < 4.78 is 50.9. The Morgan fingerprint density at radius 3 is 2.38 bits per heavy atom.